The monoisotopic (exact) mass is 157 g/mol. The van der Waals surface area contributed by atoms with E-state index in [4.69, 9.17) is 5.11 Å². The van der Waals surface area contributed by atoms with Crippen LogP contribution in [0.15, 0.2) is 12.7 Å². The molecule has 2 atom stereocenters. The average molecular weight is 157 g/mol. The summed E-state index contributed by atoms with van der Waals surface area (Å²) in [6.45, 7) is 5.55. The number of carboxylic acid groups (broad SMARTS) is 1. The van der Waals surface area contributed by atoms with E-state index in [2.05, 4.69) is 11.9 Å². The zero-order valence-electron chi connectivity index (χ0n) is 7.00. The van der Waals surface area contributed by atoms with E-state index in [1.54, 1.807) is 13.1 Å². The van der Waals surface area contributed by atoms with E-state index in [0.717, 1.165) is 0 Å². The summed E-state index contributed by atoms with van der Waals surface area (Å²) in [5.74, 6) is -0.589. The highest BCUT2D eigenvalue weighted by Gasteiger charge is 2.15. The number of nitrogens with one attached hydrogen (secondary N) is 1. The molecule has 64 valence electrons. The first kappa shape index (κ1) is 10.2. The van der Waals surface area contributed by atoms with Gasteiger partial charge in [-0.3, -0.25) is 4.79 Å². The number of carbonyl (C=O) groups is 1. The van der Waals surface area contributed by atoms with Crippen molar-refractivity contribution in [1.82, 2.24) is 5.32 Å². The first-order chi connectivity index (χ1) is 5.11. The van der Waals surface area contributed by atoms with Crippen molar-refractivity contribution in [2.45, 2.75) is 19.4 Å². The summed E-state index contributed by atoms with van der Waals surface area (Å²) in [4.78, 5) is 10.3. The molecule has 0 heterocycles. The van der Waals surface area contributed by atoms with Crippen LogP contribution in [0.3, 0.4) is 0 Å². The van der Waals surface area contributed by atoms with Crippen molar-refractivity contribution in [3.63, 3.8) is 0 Å². The predicted molar refractivity (Wildman–Crippen MR) is 44.5 cm³/mol. The SMILES string of the molecule is C=CC(C)C(CC(=O)O)NC. The van der Waals surface area contributed by atoms with E-state index in [0.29, 0.717) is 0 Å². The highest BCUT2D eigenvalue weighted by Crippen LogP contribution is 2.06. The van der Waals surface area contributed by atoms with Gasteiger partial charge in [-0.25, -0.2) is 0 Å². The van der Waals surface area contributed by atoms with Gasteiger partial charge < -0.3 is 10.4 Å². The fourth-order valence-corrected chi connectivity index (χ4v) is 0.903. The average Bonchev–Trinajstić information content (AvgIpc) is 1.98. The third-order valence-electron chi connectivity index (χ3n) is 1.77. The summed E-state index contributed by atoms with van der Waals surface area (Å²) < 4.78 is 0. The number of carboxylic acids is 1. The van der Waals surface area contributed by atoms with Crippen LogP contribution in [0.4, 0.5) is 0 Å². The van der Waals surface area contributed by atoms with Gasteiger partial charge in [-0.2, -0.15) is 0 Å². The van der Waals surface area contributed by atoms with Crippen molar-refractivity contribution in [2.24, 2.45) is 5.92 Å². The van der Waals surface area contributed by atoms with E-state index in [1.165, 1.54) is 0 Å². The smallest absolute Gasteiger partial charge is 0.304 e. The lowest BCUT2D eigenvalue weighted by molar-refractivity contribution is -0.137. The van der Waals surface area contributed by atoms with E-state index < -0.39 is 5.97 Å². The predicted octanol–water partition coefficient (Wildman–Crippen LogP) is 0.871. The Morgan fingerprint density at radius 2 is 2.36 bits per heavy atom. The van der Waals surface area contributed by atoms with E-state index in [1.807, 2.05) is 6.92 Å². The molecular weight excluding hydrogens is 142 g/mol. The standard InChI is InChI=1S/C8H15NO2/c1-4-6(2)7(9-3)5-8(10)11/h4,6-7,9H,1,5H2,2-3H3,(H,10,11). The van der Waals surface area contributed by atoms with Crippen LogP contribution in [0, 0.1) is 5.92 Å². The molecule has 0 saturated carbocycles. The van der Waals surface area contributed by atoms with Crippen LogP contribution in [0.5, 0.6) is 0 Å². The maximum Gasteiger partial charge on any atom is 0.304 e. The fourth-order valence-electron chi connectivity index (χ4n) is 0.903. The van der Waals surface area contributed by atoms with Crippen LogP contribution in [-0.2, 0) is 4.79 Å². The normalized spacial score (nSPS) is 15.5. The molecule has 2 N–H and O–H groups in total. The molecule has 0 aliphatic heterocycles. The summed E-state index contributed by atoms with van der Waals surface area (Å²) in [6.07, 6.45) is 1.90. The van der Waals surface area contributed by atoms with Crippen molar-refractivity contribution >= 4 is 5.97 Å². The van der Waals surface area contributed by atoms with Crippen LogP contribution in [-0.4, -0.2) is 24.2 Å². The first-order valence-electron chi connectivity index (χ1n) is 3.63. The van der Waals surface area contributed by atoms with Crippen LogP contribution in [0.1, 0.15) is 13.3 Å². The molecule has 2 unspecified atom stereocenters. The second kappa shape index (κ2) is 4.91. The number of rotatable bonds is 5. The lowest BCUT2D eigenvalue weighted by Crippen LogP contribution is -2.33. The summed E-state index contributed by atoms with van der Waals surface area (Å²) in [5, 5.41) is 11.4. The molecule has 0 spiro atoms. The minimum atomic E-state index is -0.780. The molecule has 0 rings (SSSR count). The van der Waals surface area contributed by atoms with Crippen molar-refractivity contribution in [1.29, 1.82) is 0 Å². The molecular formula is C8H15NO2. The number of hydrogen-bond acceptors (Lipinski definition) is 2. The minimum Gasteiger partial charge on any atom is -0.481 e. The third kappa shape index (κ3) is 3.78. The molecule has 0 aliphatic carbocycles. The number of hydrogen-bond donors (Lipinski definition) is 2. The Kier molecular flexibility index (Phi) is 4.54. The first-order valence-corrected chi connectivity index (χ1v) is 3.63. The fraction of sp³-hybridized carbons (Fsp3) is 0.625. The zero-order chi connectivity index (χ0) is 8.85. The molecule has 0 saturated heterocycles. The summed E-state index contributed by atoms with van der Waals surface area (Å²) in [7, 11) is 1.76. The Balaban J connectivity index is 3.93. The van der Waals surface area contributed by atoms with Gasteiger partial charge in [0.2, 0.25) is 0 Å². The van der Waals surface area contributed by atoms with Gasteiger partial charge in [0, 0.05) is 6.04 Å². The second-order valence-corrected chi connectivity index (χ2v) is 2.59. The molecule has 0 amide bonds. The van der Waals surface area contributed by atoms with Crippen LogP contribution < -0.4 is 5.32 Å². The van der Waals surface area contributed by atoms with Gasteiger partial charge in [0.05, 0.1) is 6.42 Å². The van der Waals surface area contributed by atoms with E-state index >= 15 is 0 Å². The van der Waals surface area contributed by atoms with Crippen LogP contribution in [0.2, 0.25) is 0 Å². The number of aliphatic carboxylic acids is 1. The molecule has 0 aliphatic rings. The Labute approximate surface area is 67.1 Å². The van der Waals surface area contributed by atoms with Crippen LogP contribution >= 0.6 is 0 Å². The van der Waals surface area contributed by atoms with Gasteiger partial charge in [0.15, 0.2) is 0 Å². The maximum absolute atomic E-state index is 10.3. The Morgan fingerprint density at radius 3 is 2.64 bits per heavy atom. The molecule has 0 aromatic carbocycles. The minimum absolute atomic E-state index is 0.00926. The van der Waals surface area contributed by atoms with E-state index in [9.17, 15) is 4.79 Å². The largest absolute Gasteiger partial charge is 0.481 e. The van der Waals surface area contributed by atoms with E-state index in [-0.39, 0.29) is 18.4 Å². The molecule has 3 nitrogen and oxygen atoms in total. The van der Waals surface area contributed by atoms with Crippen LogP contribution in [0.25, 0.3) is 0 Å². The molecule has 0 aromatic heterocycles. The van der Waals surface area contributed by atoms with Gasteiger partial charge >= 0.3 is 5.97 Å². The molecule has 0 aromatic rings. The third-order valence-corrected chi connectivity index (χ3v) is 1.77. The highest BCUT2D eigenvalue weighted by molar-refractivity contribution is 5.67. The topological polar surface area (TPSA) is 49.3 Å². The van der Waals surface area contributed by atoms with Gasteiger partial charge in [0.1, 0.15) is 0 Å². The molecule has 11 heavy (non-hydrogen) atoms. The maximum atomic E-state index is 10.3. The quantitative estimate of drug-likeness (QED) is 0.582. The molecule has 0 radical (unpaired) electrons. The molecule has 3 heteroatoms. The zero-order valence-corrected chi connectivity index (χ0v) is 7.00. The van der Waals surface area contributed by atoms with Crippen molar-refractivity contribution in [3.8, 4) is 0 Å². The van der Waals surface area contributed by atoms with Crippen molar-refractivity contribution in [3.05, 3.63) is 12.7 Å². The molecule has 0 fully saturated rings. The summed E-state index contributed by atoms with van der Waals surface area (Å²) in [5.41, 5.74) is 0. The van der Waals surface area contributed by atoms with Crippen molar-refractivity contribution in [2.75, 3.05) is 7.05 Å². The van der Waals surface area contributed by atoms with Gasteiger partial charge in [0.25, 0.3) is 0 Å². The lowest BCUT2D eigenvalue weighted by Gasteiger charge is -2.17. The Hall–Kier alpha value is -0.830. The summed E-state index contributed by atoms with van der Waals surface area (Å²) >= 11 is 0. The van der Waals surface area contributed by atoms with Gasteiger partial charge in [-0.1, -0.05) is 13.0 Å². The van der Waals surface area contributed by atoms with Crippen molar-refractivity contribution < 1.29 is 9.90 Å². The van der Waals surface area contributed by atoms with Gasteiger partial charge in [-0.05, 0) is 13.0 Å². The van der Waals surface area contributed by atoms with Gasteiger partial charge in [-0.15, -0.1) is 6.58 Å². The second-order valence-electron chi connectivity index (χ2n) is 2.59. The lowest BCUT2D eigenvalue weighted by atomic mass is 9.99. The Bertz CT molecular complexity index is 145. The summed E-state index contributed by atoms with van der Waals surface area (Å²) in [6, 6.07) is -0.00926. The molecule has 0 bridgehead atoms. The highest BCUT2D eigenvalue weighted by atomic mass is 16.4. The Morgan fingerprint density at radius 1 is 1.82 bits per heavy atom.